The molecule has 2 aromatic heterocycles. The number of carboxylic acid groups (broad SMARTS) is 2. The molecule has 0 saturated carbocycles. The van der Waals surface area contributed by atoms with E-state index in [1.807, 2.05) is 24.7 Å². The summed E-state index contributed by atoms with van der Waals surface area (Å²) in [6.45, 7) is 1.72. The Morgan fingerprint density at radius 3 is 2.39 bits per heavy atom. The van der Waals surface area contributed by atoms with Crippen LogP contribution in [0.4, 0.5) is 8.78 Å². The Morgan fingerprint density at radius 2 is 1.85 bits per heavy atom. The summed E-state index contributed by atoms with van der Waals surface area (Å²) >= 11 is 5.88. The summed E-state index contributed by atoms with van der Waals surface area (Å²) < 4.78 is 31.1. The van der Waals surface area contributed by atoms with Gasteiger partial charge in [0.1, 0.15) is 5.75 Å². The number of nitrogens with one attached hydrogen (secondary N) is 1. The highest BCUT2D eigenvalue weighted by Gasteiger charge is 2.12. The number of hydrogen-bond acceptors (Lipinski definition) is 5. The highest BCUT2D eigenvalue weighted by molar-refractivity contribution is 6.32. The van der Waals surface area contributed by atoms with Gasteiger partial charge in [0, 0.05) is 24.0 Å². The van der Waals surface area contributed by atoms with E-state index in [9.17, 15) is 18.4 Å². The number of ether oxygens (including phenoxy) is 1. The molecule has 0 atom stereocenters. The molecule has 178 valence electrons. The lowest BCUT2D eigenvalue weighted by Gasteiger charge is -2.08. The predicted octanol–water partition coefficient (Wildman–Crippen LogP) is 4.32. The number of carbonyl (C=O) groups is 2. The van der Waals surface area contributed by atoms with E-state index in [1.54, 1.807) is 12.3 Å². The molecule has 0 unspecified atom stereocenters. The Kier molecular flexibility index (Phi) is 9.34. The standard InChI is InChI=1S/C17H17ClF2N4O.C4H6O4/c1-10-14(11(2)23-22-10)5-6-24-9-13(8-21-24)12-3-4-15(18)16(7-12)25-17(19)20;5-3(6)1-2-4(7)8/h3-4,7-9,17H,5-6H2,1-2H3,(H,22,23);1-2H2,(H,5,6)(H,7,8). The van der Waals surface area contributed by atoms with Crippen molar-refractivity contribution in [3.8, 4) is 16.9 Å². The van der Waals surface area contributed by atoms with E-state index in [1.165, 1.54) is 17.7 Å². The van der Waals surface area contributed by atoms with Crippen LogP contribution in [-0.2, 0) is 22.6 Å². The second-order valence-electron chi connectivity index (χ2n) is 6.97. The second-order valence-corrected chi connectivity index (χ2v) is 7.37. The fraction of sp³-hybridized carbons (Fsp3) is 0.333. The maximum Gasteiger partial charge on any atom is 0.387 e. The number of H-pyrrole nitrogens is 1. The van der Waals surface area contributed by atoms with Gasteiger partial charge in [-0.3, -0.25) is 19.4 Å². The van der Waals surface area contributed by atoms with Crippen LogP contribution in [-0.4, -0.2) is 48.7 Å². The van der Waals surface area contributed by atoms with Gasteiger partial charge in [0.25, 0.3) is 0 Å². The van der Waals surface area contributed by atoms with E-state index in [0.29, 0.717) is 12.1 Å². The highest BCUT2D eigenvalue weighted by Crippen LogP contribution is 2.31. The number of benzene rings is 1. The lowest BCUT2D eigenvalue weighted by molar-refractivity contribution is -0.143. The maximum atomic E-state index is 12.4. The quantitative estimate of drug-likeness (QED) is 0.412. The number of aromatic amines is 1. The smallest absolute Gasteiger partial charge is 0.387 e. The van der Waals surface area contributed by atoms with Gasteiger partial charge < -0.3 is 14.9 Å². The fourth-order valence-corrected chi connectivity index (χ4v) is 3.05. The molecule has 0 aliphatic rings. The first kappa shape index (κ1) is 25.8. The first-order valence-electron chi connectivity index (χ1n) is 9.78. The normalized spacial score (nSPS) is 10.6. The number of hydrogen-bond donors (Lipinski definition) is 3. The molecule has 0 bridgehead atoms. The molecule has 0 amide bonds. The molecule has 0 aliphatic carbocycles. The summed E-state index contributed by atoms with van der Waals surface area (Å²) in [6, 6.07) is 4.76. The number of rotatable bonds is 9. The number of aromatic nitrogens is 4. The zero-order valence-corrected chi connectivity index (χ0v) is 18.6. The van der Waals surface area contributed by atoms with Crippen LogP contribution in [0.2, 0.25) is 5.02 Å². The van der Waals surface area contributed by atoms with Crippen LogP contribution in [0.15, 0.2) is 30.6 Å². The molecule has 0 fully saturated rings. The zero-order valence-electron chi connectivity index (χ0n) is 17.9. The van der Waals surface area contributed by atoms with Crippen molar-refractivity contribution in [2.45, 2.75) is 46.3 Å². The molecule has 1 aromatic carbocycles. The fourth-order valence-electron chi connectivity index (χ4n) is 2.89. The van der Waals surface area contributed by atoms with E-state index in [2.05, 4.69) is 20.0 Å². The SMILES string of the molecule is Cc1n[nH]c(C)c1CCn1cc(-c2ccc(Cl)c(OC(F)F)c2)cn1.O=C(O)CCC(=O)O. The van der Waals surface area contributed by atoms with Crippen LogP contribution < -0.4 is 4.74 Å². The molecule has 3 rings (SSSR count). The van der Waals surface area contributed by atoms with E-state index in [0.717, 1.165) is 23.4 Å². The van der Waals surface area contributed by atoms with E-state index >= 15 is 0 Å². The van der Waals surface area contributed by atoms with E-state index in [-0.39, 0.29) is 23.6 Å². The maximum absolute atomic E-state index is 12.4. The van der Waals surface area contributed by atoms with Crippen molar-refractivity contribution in [1.82, 2.24) is 20.0 Å². The van der Waals surface area contributed by atoms with Crippen LogP contribution in [0, 0.1) is 13.8 Å². The van der Waals surface area contributed by atoms with E-state index in [4.69, 9.17) is 21.8 Å². The largest absolute Gasteiger partial charge is 0.481 e. The lowest BCUT2D eigenvalue weighted by Crippen LogP contribution is -2.03. The highest BCUT2D eigenvalue weighted by atomic mass is 35.5. The average molecular weight is 485 g/mol. The van der Waals surface area contributed by atoms with Crippen molar-refractivity contribution in [3.63, 3.8) is 0 Å². The number of halogens is 3. The molecule has 2 heterocycles. The van der Waals surface area contributed by atoms with Gasteiger partial charge >= 0.3 is 18.6 Å². The average Bonchev–Trinajstić information content (AvgIpc) is 3.33. The third kappa shape index (κ3) is 8.19. The molecule has 33 heavy (non-hydrogen) atoms. The predicted molar refractivity (Wildman–Crippen MR) is 116 cm³/mol. The second kappa shape index (κ2) is 12.0. The topological polar surface area (TPSA) is 130 Å². The van der Waals surface area contributed by atoms with Crippen LogP contribution in [0.3, 0.4) is 0 Å². The van der Waals surface area contributed by atoms with Crippen molar-refractivity contribution < 1.29 is 33.3 Å². The Morgan fingerprint density at radius 1 is 1.18 bits per heavy atom. The van der Waals surface area contributed by atoms with Gasteiger partial charge in [0.05, 0.1) is 29.8 Å². The molecular weight excluding hydrogens is 462 g/mol. The summed E-state index contributed by atoms with van der Waals surface area (Å²) in [7, 11) is 0. The Labute approximate surface area is 192 Å². The third-order valence-corrected chi connectivity index (χ3v) is 4.85. The van der Waals surface area contributed by atoms with E-state index < -0.39 is 18.6 Å². The van der Waals surface area contributed by atoms with Gasteiger partial charge in [-0.15, -0.1) is 0 Å². The summed E-state index contributed by atoms with van der Waals surface area (Å²) in [5.41, 5.74) is 4.72. The number of aliphatic carboxylic acids is 2. The van der Waals surface area contributed by atoms with Crippen molar-refractivity contribution in [2.75, 3.05) is 0 Å². The van der Waals surface area contributed by atoms with Crippen molar-refractivity contribution >= 4 is 23.5 Å². The van der Waals surface area contributed by atoms with Crippen molar-refractivity contribution in [3.05, 3.63) is 52.6 Å². The summed E-state index contributed by atoms with van der Waals surface area (Å²) in [4.78, 5) is 19.3. The Hall–Kier alpha value is -3.47. The van der Waals surface area contributed by atoms with Crippen LogP contribution in [0.1, 0.15) is 29.8 Å². The van der Waals surface area contributed by atoms with Gasteiger partial charge in [-0.1, -0.05) is 17.7 Å². The lowest BCUT2D eigenvalue weighted by atomic mass is 10.1. The van der Waals surface area contributed by atoms with Crippen LogP contribution in [0.5, 0.6) is 5.75 Å². The molecule has 0 saturated heterocycles. The van der Waals surface area contributed by atoms with Crippen LogP contribution in [0.25, 0.3) is 11.1 Å². The minimum absolute atomic E-state index is 0.0495. The van der Waals surface area contributed by atoms with Gasteiger partial charge in [0.15, 0.2) is 0 Å². The molecule has 0 spiro atoms. The Balaban J connectivity index is 0.000000414. The van der Waals surface area contributed by atoms with Gasteiger partial charge in [-0.05, 0) is 43.5 Å². The molecular formula is C21H23ClF2N4O5. The summed E-state index contributed by atoms with van der Waals surface area (Å²) in [5.74, 6) is -2.20. The number of aryl methyl sites for hydroxylation is 3. The minimum atomic E-state index is -2.92. The molecule has 9 nitrogen and oxygen atoms in total. The third-order valence-electron chi connectivity index (χ3n) is 4.54. The first-order valence-corrected chi connectivity index (χ1v) is 10.2. The van der Waals surface area contributed by atoms with Gasteiger partial charge in [-0.2, -0.15) is 19.0 Å². The van der Waals surface area contributed by atoms with Gasteiger partial charge in [-0.25, -0.2) is 0 Å². The first-order chi connectivity index (χ1) is 15.6. The molecule has 12 heteroatoms. The monoisotopic (exact) mass is 484 g/mol. The van der Waals surface area contributed by atoms with Crippen LogP contribution >= 0.6 is 11.6 Å². The number of carboxylic acids is 2. The van der Waals surface area contributed by atoms with Crippen molar-refractivity contribution in [2.24, 2.45) is 0 Å². The Bertz CT molecular complexity index is 1070. The number of alkyl halides is 2. The molecule has 3 N–H and O–H groups in total. The number of nitrogens with zero attached hydrogens (tertiary/aromatic N) is 3. The zero-order chi connectivity index (χ0) is 24.5. The summed E-state index contributed by atoms with van der Waals surface area (Å²) in [6.07, 6.45) is 3.75. The van der Waals surface area contributed by atoms with Gasteiger partial charge in [0.2, 0.25) is 0 Å². The summed E-state index contributed by atoms with van der Waals surface area (Å²) in [5, 5.41) is 27.4. The molecule has 0 aliphatic heterocycles. The molecule has 3 aromatic rings. The minimum Gasteiger partial charge on any atom is -0.481 e. The van der Waals surface area contributed by atoms with Crippen molar-refractivity contribution in [1.29, 1.82) is 0 Å². The molecule has 0 radical (unpaired) electrons.